The van der Waals surface area contributed by atoms with Crippen LogP contribution in [0.25, 0.3) is 11.0 Å². The van der Waals surface area contributed by atoms with E-state index in [9.17, 15) is 9.59 Å². The van der Waals surface area contributed by atoms with Gasteiger partial charge in [-0.2, -0.15) is 0 Å². The maximum Gasteiger partial charge on any atom is 0.255 e. The normalized spacial score (nSPS) is 14.7. The molecule has 9 heteroatoms. The van der Waals surface area contributed by atoms with Crippen LogP contribution in [0.1, 0.15) is 54.9 Å². The molecule has 0 spiro atoms. The van der Waals surface area contributed by atoms with Crippen molar-refractivity contribution in [1.82, 2.24) is 15.3 Å². The molecule has 0 bridgehead atoms. The third-order valence-electron chi connectivity index (χ3n) is 7.09. The van der Waals surface area contributed by atoms with E-state index in [1.807, 2.05) is 36.4 Å². The van der Waals surface area contributed by atoms with E-state index in [0.717, 1.165) is 41.2 Å². The topological polar surface area (TPSA) is 98.9 Å². The van der Waals surface area contributed by atoms with E-state index >= 15 is 0 Å². The predicted molar refractivity (Wildman–Crippen MR) is 156 cm³/mol. The summed E-state index contributed by atoms with van der Waals surface area (Å²) in [4.78, 5) is 33.4. The number of carbonyl (C=O) groups excluding carboxylic acids is 2. The number of carbonyl (C=O) groups is 2. The fourth-order valence-electron chi connectivity index (χ4n) is 4.81. The van der Waals surface area contributed by atoms with Crippen molar-refractivity contribution in [2.24, 2.45) is 5.41 Å². The Balaban J connectivity index is 1.26. The number of amides is 2. The van der Waals surface area contributed by atoms with Crippen molar-refractivity contribution in [3.05, 3.63) is 81.3 Å². The molecule has 0 radical (unpaired) electrons. The van der Waals surface area contributed by atoms with Crippen LogP contribution in [0.15, 0.2) is 65.1 Å². The van der Waals surface area contributed by atoms with Crippen molar-refractivity contribution in [2.45, 2.75) is 45.6 Å². The molecule has 1 aromatic heterocycles. The first-order chi connectivity index (χ1) is 18.3. The van der Waals surface area contributed by atoms with Crippen LogP contribution in [0, 0.1) is 5.41 Å². The minimum atomic E-state index is -0.284. The zero-order valence-corrected chi connectivity index (χ0v) is 23.4. The van der Waals surface area contributed by atoms with Crippen molar-refractivity contribution < 1.29 is 9.59 Å². The number of halogens is 2. The quantitative estimate of drug-likeness (QED) is 0.177. The van der Waals surface area contributed by atoms with Gasteiger partial charge in [0, 0.05) is 27.7 Å². The Bertz CT molecular complexity index is 1480. The van der Waals surface area contributed by atoms with Gasteiger partial charge in [0.05, 0.1) is 21.7 Å². The highest BCUT2D eigenvalue weighted by molar-refractivity contribution is 9.10. The summed E-state index contributed by atoms with van der Waals surface area (Å²) in [5.74, 6) is 0.403. The van der Waals surface area contributed by atoms with Gasteiger partial charge in [-0.25, -0.2) is 4.98 Å². The van der Waals surface area contributed by atoms with Crippen molar-refractivity contribution in [2.75, 3.05) is 10.6 Å². The lowest BCUT2D eigenvalue weighted by molar-refractivity contribution is -0.132. The number of aromatic amines is 1. The van der Waals surface area contributed by atoms with E-state index in [4.69, 9.17) is 11.6 Å². The van der Waals surface area contributed by atoms with Gasteiger partial charge < -0.3 is 20.9 Å². The van der Waals surface area contributed by atoms with Crippen molar-refractivity contribution >= 4 is 67.7 Å². The maximum absolute atomic E-state index is 12.8. The molecule has 1 fully saturated rings. The lowest BCUT2D eigenvalue weighted by atomic mass is 9.75. The number of nitrogens with zero attached hydrogens (tertiary/aromatic N) is 1. The number of fused-ring (bicyclic) bond motifs is 1. The van der Waals surface area contributed by atoms with E-state index in [1.54, 1.807) is 24.3 Å². The molecule has 0 aliphatic heterocycles. The summed E-state index contributed by atoms with van der Waals surface area (Å²) in [6.45, 7) is 2.49. The molecule has 1 saturated carbocycles. The average Bonchev–Trinajstić information content (AvgIpc) is 3.32. The van der Waals surface area contributed by atoms with Gasteiger partial charge in [0.25, 0.3) is 5.91 Å². The zero-order chi connectivity index (χ0) is 26.7. The van der Waals surface area contributed by atoms with Crippen LogP contribution in [0.5, 0.6) is 0 Å². The number of benzene rings is 3. The number of H-pyrrole nitrogens is 1. The van der Waals surface area contributed by atoms with Gasteiger partial charge in [0.1, 0.15) is 0 Å². The minimum Gasteiger partial charge on any atom is -0.352 e. The molecular formula is C29H29BrClN5O2. The van der Waals surface area contributed by atoms with Crippen molar-refractivity contribution in [3.8, 4) is 0 Å². The highest BCUT2D eigenvalue weighted by atomic mass is 79.9. The Kier molecular flexibility index (Phi) is 7.72. The average molecular weight is 595 g/mol. The number of hydrogen-bond donors (Lipinski definition) is 4. The second kappa shape index (κ2) is 11.2. The van der Waals surface area contributed by atoms with Gasteiger partial charge in [-0.3, -0.25) is 9.59 Å². The molecule has 1 aliphatic carbocycles. The van der Waals surface area contributed by atoms with Gasteiger partial charge in [-0.1, -0.05) is 59.8 Å². The van der Waals surface area contributed by atoms with Gasteiger partial charge in [-0.15, -0.1) is 0 Å². The third kappa shape index (κ3) is 6.03. The maximum atomic E-state index is 12.8. The predicted octanol–water partition coefficient (Wildman–Crippen LogP) is 7.56. The Labute approximate surface area is 234 Å². The number of rotatable bonds is 7. The molecule has 4 N–H and O–H groups in total. The number of hydrogen-bond acceptors (Lipinski definition) is 4. The highest BCUT2D eigenvalue weighted by Crippen LogP contribution is 2.36. The summed E-state index contributed by atoms with van der Waals surface area (Å²) in [6, 6.07) is 18.3. The first kappa shape index (κ1) is 26.3. The summed E-state index contributed by atoms with van der Waals surface area (Å²) >= 11 is 9.85. The Hall–Kier alpha value is -3.36. The Morgan fingerprint density at radius 3 is 2.55 bits per heavy atom. The number of anilines is 3. The SMILES string of the molecule is CC1(C(=O)NCc2ccc(Cl)c(Nc3nc4ccc(C(=O)Nc5ccc(Br)cc5)cc4[nH]3)c2)CCCCC1. The molecule has 1 aliphatic rings. The van der Waals surface area contributed by atoms with Gasteiger partial charge in [0.15, 0.2) is 0 Å². The van der Waals surface area contributed by atoms with Gasteiger partial charge in [0.2, 0.25) is 11.9 Å². The van der Waals surface area contributed by atoms with Crippen LogP contribution >= 0.6 is 27.5 Å². The third-order valence-corrected chi connectivity index (χ3v) is 7.95. The molecule has 5 rings (SSSR count). The van der Waals surface area contributed by atoms with E-state index in [-0.39, 0.29) is 17.2 Å². The first-order valence-electron chi connectivity index (χ1n) is 12.7. The molecular weight excluding hydrogens is 566 g/mol. The van der Waals surface area contributed by atoms with Crippen LogP contribution in [0.2, 0.25) is 5.02 Å². The second-order valence-corrected chi connectivity index (χ2v) is 11.3. The Morgan fingerprint density at radius 1 is 1.03 bits per heavy atom. The smallest absolute Gasteiger partial charge is 0.255 e. The standard InChI is InChI=1S/C29H29BrClN5O2/c1-29(13-3-2-4-14-29)27(38)32-17-18-5-11-22(31)24(15-18)35-28-34-23-12-6-19(16-25(23)36-28)26(37)33-21-9-7-20(30)8-10-21/h5-12,15-16H,2-4,13-14,17H2,1H3,(H,32,38)(H,33,37)(H2,34,35,36). The molecule has 7 nitrogen and oxygen atoms in total. The molecule has 2 amide bonds. The molecule has 196 valence electrons. The van der Waals surface area contributed by atoms with E-state index in [1.165, 1.54) is 6.42 Å². The van der Waals surface area contributed by atoms with Crippen LogP contribution in [0.3, 0.4) is 0 Å². The van der Waals surface area contributed by atoms with Gasteiger partial charge in [-0.05, 0) is 73.0 Å². The molecule has 38 heavy (non-hydrogen) atoms. The van der Waals surface area contributed by atoms with Crippen molar-refractivity contribution in [3.63, 3.8) is 0 Å². The lowest BCUT2D eigenvalue weighted by Crippen LogP contribution is -2.39. The lowest BCUT2D eigenvalue weighted by Gasteiger charge is -2.32. The summed E-state index contributed by atoms with van der Waals surface area (Å²) in [7, 11) is 0. The highest BCUT2D eigenvalue weighted by Gasteiger charge is 2.34. The monoisotopic (exact) mass is 593 g/mol. The second-order valence-electron chi connectivity index (χ2n) is 10.0. The fourth-order valence-corrected chi connectivity index (χ4v) is 5.24. The van der Waals surface area contributed by atoms with E-state index < -0.39 is 0 Å². The fraction of sp³-hybridized carbons (Fsp3) is 0.276. The van der Waals surface area contributed by atoms with Crippen LogP contribution < -0.4 is 16.0 Å². The molecule has 0 atom stereocenters. The Morgan fingerprint density at radius 2 is 1.79 bits per heavy atom. The number of imidazole rings is 1. The summed E-state index contributed by atoms with van der Waals surface area (Å²) < 4.78 is 0.943. The molecule has 3 aromatic carbocycles. The van der Waals surface area contributed by atoms with Crippen LogP contribution in [0.4, 0.5) is 17.3 Å². The number of nitrogens with one attached hydrogen (secondary N) is 4. The van der Waals surface area contributed by atoms with E-state index in [2.05, 4.69) is 48.8 Å². The largest absolute Gasteiger partial charge is 0.352 e. The van der Waals surface area contributed by atoms with Crippen LogP contribution in [-0.2, 0) is 11.3 Å². The van der Waals surface area contributed by atoms with Crippen LogP contribution in [-0.4, -0.2) is 21.8 Å². The van der Waals surface area contributed by atoms with Gasteiger partial charge >= 0.3 is 0 Å². The first-order valence-corrected chi connectivity index (χ1v) is 13.9. The zero-order valence-electron chi connectivity index (χ0n) is 21.0. The molecule has 0 saturated heterocycles. The summed E-state index contributed by atoms with van der Waals surface area (Å²) in [5, 5.41) is 9.78. The number of aromatic nitrogens is 2. The molecule has 1 heterocycles. The minimum absolute atomic E-state index is 0.110. The molecule has 0 unspecified atom stereocenters. The molecule has 4 aromatic rings. The van der Waals surface area contributed by atoms with E-state index in [0.29, 0.717) is 40.0 Å². The summed E-state index contributed by atoms with van der Waals surface area (Å²) in [5.41, 5.74) is 3.99. The van der Waals surface area contributed by atoms with Crippen molar-refractivity contribution in [1.29, 1.82) is 0 Å². The summed E-state index contributed by atoms with van der Waals surface area (Å²) in [6.07, 6.45) is 5.29.